The van der Waals surface area contributed by atoms with Crippen LogP contribution in [0.15, 0.2) is 224 Å². The Morgan fingerprint density at radius 1 is 0.241 bits per heavy atom. The van der Waals surface area contributed by atoms with Crippen LogP contribution in [0.25, 0.3) is 71.7 Å². The normalized spacial score (nSPS) is 12.1. The van der Waals surface area contributed by atoms with Crippen molar-refractivity contribution < 1.29 is 0 Å². The summed E-state index contributed by atoms with van der Waals surface area (Å²) < 4.78 is 7.36. The first-order valence-corrected chi connectivity index (χ1v) is 22.0. The van der Waals surface area contributed by atoms with Crippen LogP contribution in [0.4, 0.5) is 0 Å². The molecule has 0 saturated heterocycles. The zero-order chi connectivity index (χ0) is 38.2. The van der Waals surface area contributed by atoms with Gasteiger partial charge >= 0.3 is 0 Å². The van der Waals surface area contributed by atoms with Gasteiger partial charge in [0.25, 0.3) is 0 Å². The molecule has 0 fully saturated rings. The van der Waals surface area contributed by atoms with Gasteiger partial charge in [-0.15, -0.1) is 0 Å². The minimum absolute atomic E-state index is 1.14. The Morgan fingerprint density at radius 2 is 0.621 bits per heavy atom. The molecular weight excluding hydrogens is 719 g/mol. The van der Waals surface area contributed by atoms with Crippen molar-refractivity contribution >= 4 is 83.5 Å². The van der Waals surface area contributed by atoms with Gasteiger partial charge in [0.15, 0.2) is 8.07 Å². The molecule has 0 amide bonds. The van der Waals surface area contributed by atoms with Crippen molar-refractivity contribution in [1.29, 1.82) is 0 Å². The van der Waals surface area contributed by atoms with E-state index in [0.29, 0.717) is 0 Å². The van der Waals surface area contributed by atoms with Gasteiger partial charge < -0.3 is 13.7 Å². The van der Waals surface area contributed by atoms with Crippen LogP contribution in [0.5, 0.6) is 0 Å². The number of fused-ring (bicyclic) bond motifs is 3. The standard InChI is InChI=1S/C54H37N3Si/c1-5-18-38(19-6-1)55-48-30-16-32-50-53(48)54-49(55)31-17-33-51(54)57(50)40-21-15-20-39(36-40)56-47-29-14-13-28-45(47)46-35-34-44(37-52(46)56)58(41-22-7-2-8-23-41,42-24-9-3-10-25-42)43-26-11-4-12-27-43/h1-37H. The smallest absolute Gasteiger partial charge is 0.179 e. The number of rotatable bonds is 7. The lowest BCUT2D eigenvalue weighted by atomic mass is 10.1. The van der Waals surface area contributed by atoms with Crippen LogP contribution in [-0.2, 0) is 0 Å². The predicted octanol–water partition coefficient (Wildman–Crippen LogP) is 10.6. The lowest BCUT2D eigenvalue weighted by molar-refractivity contribution is 1.13. The van der Waals surface area contributed by atoms with Crippen LogP contribution in [0.1, 0.15) is 0 Å². The molecule has 0 spiro atoms. The molecule has 0 aliphatic carbocycles. The number of benzene rings is 9. The van der Waals surface area contributed by atoms with Gasteiger partial charge in [0, 0.05) is 38.6 Å². The summed E-state index contributed by atoms with van der Waals surface area (Å²) in [6.45, 7) is 0. The second kappa shape index (κ2) is 12.8. The molecule has 3 heterocycles. The van der Waals surface area contributed by atoms with Crippen molar-refractivity contribution in [1.82, 2.24) is 13.7 Å². The van der Waals surface area contributed by atoms with E-state index >= 15 is 0 Å². The fraction of sp³-hybridized carbons (Fsp3) is 0. The summed E-state index contributed by atoms with van der Waals surface area (Å²) in [5, 5.41) is 10.6. The third-order valence-corrected chi connectivity index (χ3v) is 17.1. The second-order valence-electron chi connectivity index (χ2n) is 15.3. The van der Waals surface area contributed by atoms with Gasteiger partial charge in [0.05, 0.1) is 33.1 Å². The van der Waals surface area contributed by atoms with Crippen molar-refractivity contribution in [3.8, 4) is 17.1 Å². The van der Waals surface area contributed by atoms with Crippen molar-refractivity contribution in [2.24, 2.45) is 0 Å². The molecular formula is C54H37N3Si. The summed E-state index contributed by atoms with van der Waals surface area (Å²) in [6, 6.07) is 83.1. The molecule has 12 rings (SSSR count). The summed E-state index contributed by atoms with van der Waals surface area (Å²) in [5.74, 6) is 0. The van der Waals surface area contributed by atoms with Crippen molar-refractivity contribution in [3.63, 3.8) is 0 Å². The molecule has 0 atom stereocenters. The molecule has 12 aromatic rings. The van der Waals surface area contributed by atoms with Gasteiger partial charge in [0.1, 0.15) is 0 Å². The fourth-order valence-corrected chi connectivity index (χ4v) is 14.8. The molecule has 0 N–H and O–H groups in total. The highest BCUT2D eigenvalue weighted by molar-refractivity contribution is 7.20. The van der Waals surface area contributed by atoms with E-state index in [-0.39, 0.29) is 0 Å². The van der Waals surface area contributed by atoms with Gasteiger partial charge in [0.2, 0.25) is 0 Å². The fourth-order valence-electron chi connectivity index (χ4n) is 10.0. The number of hydrogen-bond acceptors (Lipinski definition) is 0. The minimum atomic E-state index is -2.76. The zero-order valence-electron chi connectivity index (χ0n) is 31.7. The Kier molecular flexibility index (Phi) is 7.25. The summed E-state index contributed by atoms with van der Waals surface area (Å²) in [4.78, 5) is 0. The maximum absolute atomic E-state index is 2.76. The van der Waals surface area contributed by atoms with Gasteiger partial charge in [-0.3, -0.25) is 0 Å². The Bertz CT molecular complexity index is 3270. The summed E-state index contributed by atoms with van der Waals surface area (Å²) in [7, 11) is -2.76. The molecule has 4 heteroatoms. The van der Waals surface area contributed by atoms with Crippen LogP contribution < -0.4 is 20.7 Å². The number of nitrogens with zero attached hydrogens (tertiary/aromatic N) is 3. The summed E-state index contributed by atoms with van der Waals surface area (Å²) in [5.41, 5.74) is 10.7. The van der Waals surface area contributed by atoms with E-state index in [4.69, 9.17) is 0 Å². The van der Waals surface area contributed by atoms with E-state index in [1.54, 1.807) is 0 Å². The molecule has 9 aromatic carbocycles. The third-order valence-electron chi connectivity index (χ3n) is 12.3. The lowest BCUT2D eigenvalue weighted by Gasteiger charge is -2.34. The van der Waals surface area contributed by atoms with Crippen molar-refractivity contribution in [2.45, 2.75) is 0 Å². The molecule has 0 radical (unpaired) electrons. The van der Waals surface area contributed by atoms with Crippen molar-refractivity contribution in [3.05, 3.63) is 224 Å². The lowest BCUT2D eigenvalue weighted by Crippen LogP contribution is -2.74. The quantitative estimate of drug-likeness (QED) is 0.114. The summed E-state index contributed by atoms with van der Waals surface area (Å²) >= 11 is 0. The Morgan fingerprint density at radius 3 is 1.16 bits per heavy atom. The molecule has 272 valence electrons. The molecule has 3 nitrogen and oxygen atoms in total. The highest BCUT2D eigenvalue weighted by Crippen LogP contribution is 2.42. The second-order valence-corrected chi connectivity index (χ2v) is 19.1. The molecule has 3 aromatic heterocycles. The molecule has 0 unspecified atom stereocenters. The van der Waals surface area contributed by atoms with Crippen LogP contribution >= 0.6 is 0 Å². The highest BCUT2D eigenvalue weighted by Gasteiger charge is 2.41. The van der Waals surface area contributed by atoms with Crippen LogP contribution in [0.2, 0.25) is 0 Å². The van der Waals surface area contributed by atoms with Gasteiger partial charge in [-0.2, -0.15) is 0 Å². The molecule has 0 aliphatic rings. The highest BCUT2D eigenvalue weighted by atomic mass is 28.3. The molecule has 0 aliphatic heterocycles. The third kappa shape index (κ3) is 4.61. The van der Waals surface area contributed by atoms with E-state index in [0.717, 1.165) is 11.4 Å². The average Bonchev–Trinajstić information content (AvgIpc) is 3.95. The van der Waals surface area contributed by atoms with Crippen LogP contribution in [0.3, 0.4) is 0 Å². The van der Waals surface area contributed by atoms with Gasteiger partial charge in [-0.05, 0) is 87.5 Å². The monoisotopic (exact) mass is 755 g/mol. The Balaban J connectivity index is 1.12. The van der Waals surface area contributed by atoms with Gasteiger partial charge in [-0.1, -0.05) is 158 Å². The first kappa shape index (κ1) is 32.8. The van der Waals surface area contributed by atoms with E-state index in [1.165, 1.54) is 81.1 Å². The molecule has 58 heavy (non-hydrogen) atoms. The van der Waals surface area contributed by atoms with Gasteiger partial charge in [-0.25, -0.2) is 0 Å². The predicted molar refractivity (Wildman–Crippen MR) is 247 cm³/mol. The number of hydrogen-bond donors (Lipinski definition) is 0. The Labute approximate surface area is 337 Å². The average molecular weight is 756 g/mol. The van der Waals surface area contributed by atoms with E-state index in [2.05, 4.69) is 238 Å². The summed E-state index contributed by atoms with van der Waals surface area (Å²) in [6.07, 6.45) is 0. The maximum Gasteiger partial charge on any atom is 0.179 e. The number of para-hydroxylation sites is 2. The largest absolute Gasteiger partial charge is 0.309 e. The van der Waals surface area contributed by atoms with E-state index < -0.39 is 8.07 Å². The SMILES string of the molecule is c1ccc(-n2c3cccc4c3c3c2cccc3n4-c2cccc(-n3c4ccccc4c4ccc([Si](c5ccccc5)(c5ccccc5)c5ccccc5)cc43)c2)cc1. The number of aromatic nitrogens is 3. The maximum atomic E-state index is 2.51. The van der Waals surface area contributed by atoms with Crippen LogP contribution in [0, 0.1) is 0 Å². The topological polar surface area (TPSA) is 14.8 Å². The molecule has 0 saturated carbocycles. The first-order valence-electron chi connectivity index (χ1n) is 20.0. The van der Waals surface area contributed by atoms with Crippen molar-refractivity contribution in [2.75, 3.05) is 0 Å². The first-order chi connectivity index (χ1) is 28.8. The zero-order valence-corrected chi connectivity index (χ0v) is 32.7. The van der Waals surface area contributed by atoms with E-state index in [1.807, 2.05) is 0 Å². The van der Waals surface area contributed by atoms with E-state index in [9.17, 15) is 0 Å². The Hall–Kier alpha value is -7.40. The minimum Gasteiger partial charge on any atom is -0.309 e. The van der Waals surface area contributed by atoms with Crippen LogP contribution in [-0.4, -0.2) is 21.8 Å². The molecule has 0 bridgehead atoms.